The molecule has 0 radical (unpaired) electrons. The van der Waals surface area contributed by atoms with Crippen LogP contribution in [-0.2, 0) is 12.7 Å². The predicted octanol–water partition coefficient (Wildman–Crippen LogP) is 3.52. The normalized spacial score (nSPS) is 15.9. The van der Waals surface area contributed by atoms with E-state index in [0.717, 1.165) is 26.0 Å². The largest absolute Gasteiger partial charge is 0.433 e. The molecule has 0 saturated carbocycles. The van der Waals surface area contributed by atoms with Gasteiger partial charge in [0.25, 0.3) is 0 Å². The predicted molar refractivity (Wildman–Crippen MR) is 131 cm³/mol. The van der Waals surface area contributed by atoms with E-state index in [1.807, 2.05) is 12.2 Å². The van der Waals surface area contributed by atoms with Crippen molar-refractivity contribution in [1.29, 1.82) is 0 Å². The van der Waals surface area contributed by atoms with Crippen LogP contribution in [0.1, 0.15) is 29.2 Å². The molecule has 38 heavy (non-hydrogen) atoms. The quantitative estimate of drug-likeness (QED) is 0.373. The van der Waals surface area contributed by atoms with Gasteiger partial charge in [-0.3, -0.25) is 9.97 Å². The summed E-state index contributed by atoms with van der Waals surface area (Å²) >= 11 is 6.14. The zero-order valence-corrected chi connectivity index (χ0v) is 20.0. The van der Waals surface area contributed by atoms with Crippen LogP contribution in [0.3, 0.4) is 0 Å². The second-order valence-electron chi connectivity index (χ2n) is 8.60. The van der Waals surface area contributed by atoms with Gasteiger partial charge in [0.2, 0.25) is 0 Å². The van der Waals surface area contributed by atoms with Crippen LogP contribution in [-0.4, -0.2) is 39.0 Å². The first-order chi connectivity index (χ1) is 18.2. The number of H-pyrrole nitrogens is 1. The third kappa shape index (κ3) is 3.91. The molecule has 0 aromatic carbocycles. The molecule has 5 aromatic heterocycles. The Balaban J connectivity index is 1.61. The maximum absolute atomic E-state index is 13.5. The fourth-order valence-electron chi connectivity index (χ4n) is 4.54. The topological polar surface area (TPSA) is 115 Å². The van der Waals surface area contributed by atoms with E-state index < -0.39 is 23.2 Å². The van der Waals surface area contributed by atoms with E-state index in [1.165, 1.54) is 6.07 Å². The second kappa shape index (κ2) is 8.80. The van der Waals surface area contributed by atoms with Gasteiger partial charge in [-0.15, -0.1) is 5.10 Å². The molecule has 1 atom stereocenters. The molecule has 5 aromatic rings. The summed E-state index contributed by atoms with van der Waals surface area (Å²) in [5, 5.41) is 11.7. The van der Waals surface area contributed by atoms with Crippen molar-refractivity contribution < 1.29 is 13.2 Å². The average molecular weight is 541 g/mol. The SMILES string of the molecule is O=c1[nH]nc2c(C3C=CC(Cl)=CC3)c(-c3ccncc3)c3nn(Cc4ccc(C(F)(F)F)nc4)c(=O)n3n12. The molecule has 0 amide bonds. The molecule has 0 spiro atoms. The number of nitrogens with zero attached hydrogens (tertiary/aromatic N) is 7. The smallest absolute Gasteiger partial charge is 0.265 e. The van der Waals surface area contributed by atoms with Gasteiger partial charge < -0.3 is 0 Å². The van der Waals surface area contributed by atoms with Gasteiger partial charge in [0.1, 0.15) is 5.69 Å². The van der Waals surface area contributed by atoms with Gasteiger partial charge in [0, 0.05) is 40.7 Å². The number of allylic oxidation sites excluding steroid dienone is 4. The summed E-state index contributed by atoms with van der Waals surface area (Å²) < 4.78 is 42.1. The first kappa shape index (κ1) is 23.9. The number of nitrogens with one attached hydrogen (secondary N) is 1. The van der Waals surface area contributed by atoms with Crippen LogP contribution in [0.2, 0.25) is 0 Å². The first-order valence-corrected chi connectivity index (χ1v) is 11.7. The van der Waals surface area contributed by atoms with Crippen molar-refractivity contribution in [2.24, 2.45) is 0 Å². The number of fused-ring (bicyclic) bond motifs is 3. The van der Waals surface area contributed by atoms with Crippen molar-refractivity contribution in [3.8, 4) is 11.1 Å². The van der Waals surface area contributed by atoms with Crippen molar-refractivity contribution in [2.45, 2.75) is 25.1 Å². The number of hydrogen-bond donors (Lipinski definition) is 1. The Morgan fingerprint density at radius 2 is 1.87 bits per heavy atom. The molecule has 0 saturated heterocycles. The summed E-state index contributed by atoms with van der Waals surface area (Å²) in [7, 11) is 0. The Bertz CT molecular complexity index is 1870. The summed E-state index contributed by atoms with van der Waals surface area (Å²) in [6.45, 7) is -0.174. The van der Waals surface area contributed by atoms with E-state index in [1.54, 1.807) is 30.6 Å². The number of pyridine rings is 2. The standard InChI is InChI=1S/C24H16ClF3N8O2/c25-16-4-2-14(3-5-16)18-19(15-7-9-29-10-8-15)21-33-34(12-13-1-6-17(30-11-13)24(26,27)28)23(38)36(21)35-20(18)31-32-22(35)37/h1-2,4-11,14H,3,12H2,(H,32,37). The van der Waals surface area contributed by atoms with Gasteiger partial charge in [-0.1, -0.05) is 29.8 Å². The lowest BCUT2D eigenvalue weighted by Gasteiger charge is -2.19. The van der Waals surface area contributed by atoms with E-state index in [0.29, 0.717) is 33.7 Å². The van der Waals surface area contributed by atoms with Crippen LogP contribution in [0, 0.1) is 0 Å². The Kier molecular flexibility index (Phi) is 5.52. The zero-order chi connectivity index (χ0) is 26.6. The number of halogens is 4. The average Bonchev–Trinajstić information content (AvgIpc) is 3.43. The Morgan fingerprint density at radius 3 is 2.53 bits per heavy atom. The summed E-state index contributed by atoms with van der Waals surface area (Å²) in [4.78, 5) is 33.9. The fraction of sp³-hybridized carbons (Fsp3) is 0.167. The van der Waals surface area contributed by atoms with Crippen LogP contribution in [0.25, 0.3) is 22.4 Å². The van der Waals surface area contributed by atoms with E-state index in [4.69, 9.17) is 11.6 Å². The minimum absolute atomic E-state index is 0.168. The monoisotopic (exact) mass is 540 g/mol. The van der Waals surface area contributed by atoms with Crippen molar-refractivity contribution in [3.63, 3.8) is 0 Å². The lowest BCUT2D eigenvalue weighted by Crippen LogP contribution is -2.29. The fourth-order valence-corrected chi connectivity index (χ4v) is 4.71. The van der Waals surface area contributed by atoms with Crippen LogP contribution < -0.4 is 11.4 Å². The molecule has 1 N–H and O–H groups in total. The van der Waals surface area contributed by atoms with Gasteiger partial charge in [-0.25, -0.2) is 19.4 Å². The number of hydrogen-bond acceptors (Lipinski definition) is 6. The Hall–Kier alpha value is -4.52. The molecule has 14 heteroatoms. The highest BCUT2D eigenvalue weighted by atomic mass is 35.5. The summed E-state index contributed by atoms with van der Waals surface area (Å²) in [5.74, 6) is -0.247. The number of rotatable bonds is 4. The molecule has 0 aliphatic heterocycles. The maximum atomic E-state index is 13.5. The lowest BCUT2D eigenvalue weighted by atomic mass is 9.88. The molecule has 5 heterocycles. The van der Waals surface area contributed by atoms with Gasteiger partial charge in [0.05, 0.1) is 6.54 Å². The molecular weight excluding hydrogens is 525 g/mol. The van der Waals surface area contributed by atoms with Gasteiger partial charge in [-0.2, -0.15) is 27.3 Å². The van der Waals surface area contributed by atoms with Gasteiger partial charge in [-0.05, 0) is 41.8 Å². The Morgan fingerprint density at radius 1 is 1.08 bits per heavy atom. The maximum Gasteiger partial charge on any atom is 0.433 e. The van der Waals surface area contributed by atoms with Crippen LogP contribution in [0.4, 0.5) is 13.2 Å². The van der Waals surface area contributed by atoms with E-state index in [9.17, 15) is 22.8 Å². The molecule has 6 rings (SSSR count). The summed E-state index contributed by atoms with van der Waals surface area (Å²) in [6.07, 6.45) is 5.63. The van der Waals surface area contributed by atoms with Crippen LogP contribution >= 0.6 is 11.6 Å². The van der Waals surface area contributed by atoms with Crippen molar-refractivity contribution in [1.82, 2.24) is 39.0 Å². The highest BCUT2D eigenvalue weighted by molar-refractivity contribution is 6.31. The van der Waals surface area contributed by atoms with E-state index in [-0.39, 0.29) is 23.8 Å². The highest BCUT2D eigenvalue weighted by Gasteiger charge is 2.32. The lowest BCUT2D eigenvalue weighted by molar-refractivity contribution is -0.141. The van der Waals surface area contributed by atoms with Gasteiger partial charge >= 0.3 is 17.6 Å². The second-order valence-corrected chi connectivity index (χ2v) is 9.04. The van der Waals surface area contributed by atoms with Crippen molar-refractivity contribution in [2.75, 3.05) is 0 Å². The van der Waals surface area contributed by atoms with Gasteiger partial charge in [0.15, 0.2) is 11.3 Å². The molecule has 192 valence electrons. The van der Waals surface area contributed by atoms with Crippen molar-refractivity contribution >= 4 is 22.9 Å². The molecular formula is C24H16ClF3N8O2. The molecule has 10 nitrogen and oxygen atoms in total. The van der Waals surface area contributed by atoms with Crippen LogP contribution in [0.15, 0.2) is 75.7 Å². The van der Waals surface area contributed by atoms with E-state index >= 15 is 0 Å². The number of aromatic amines is 1. The molecule has 0 fully saturated rings. The zero-order valence-electron chi connectivity index (χ0n) is 19.2. The number of alkyl halides is 3. The third-order valence-electron chi connectivity index (χ3n) is 6.24. The molecule has 1 aliphatic rings. The molecule has 1 aliphatic carbocycles. The molecule has 0 bridgehead atoms. The van der Waals surface area contributed by atoms with Crippen molar-refractivity contribution in [3.05, 3.63) is 104 Å². The van der Waals surface area contributed by atoms with Crippen LogP contribution in [0.5, 0.6) is 0 Å². The Labute approximate surface area is 215 Å². The minimum Gasteiger partial charge on any atom is -0.265 e. The summed E-state index contributed by atoms with van der Waals surface area (Å²) in [5.41, 5.74) is 0.216. The first-order valence-electron chi connectivity index (χ1n) is 11.3. The minimum atomic E-state index is -4.59. The highest BCUT2D eigenvalue weighted by Crippen LogP contribution is 2.38. The van der Waals surface area contributed by atoms with E-state index in [2.05, 4.69) is 25.3 Å². The summed E-state index contributed by atoms with van der Waals surface area (Å²) in [6, 6.07) is 5.56. The molecule has 1 unspecified atom stereocenters. The number of aromatic nitrogens is 8. The third-order valence-corrected chi connectivity index (χ3v) is 6.52.